The number of carbonyl (C=O) groups excluding carboxylic acids is 3. The van der Waals surface area contributed by atoms with Crippen LogP contribution < -0.4 is 14.4 Å². The van der Waals surface area contributed by atoms with E-state index < -0.39 is 12.1 Å². The Hall–Kier alpha value is -3.35. The molecular formula is C22H21NO6. The number of Topliss-reactive ketones (excluding diaryl/α,β-unsaturated/α-hetero) is 1. The normalized spacial score (nSPS) is 17.1. The second-order valence-electron chi connectivity index (χ2n) is 6.97. The van der Waals surface area contributed by atoms with Gasteiger partial charge in [0.2, 0.25) is 0 Å². The van der Waals surface area contributed by atoms with Crippen LogP contribution in [0.3, 0.4) is 0 Å². The van der Waals surface area contributed by atoms with Crippen molar-refractivity contribution >= 4 is 23.3 Å². The van der Waals surface area contributed by atoms with Gasteiger partial charge in [-0.05, 0) is 42.8 Å². The van der Waals surface area contributed by atoms with Crippen LogP contribution in [0.2, 0.25) is 0 Å². The summed E-state index contributed by atoms with van der Waals surface area (Å²) in [4.78, 5) is 38.4. The Morgan fingerprint density at radius 3 is 2.86 bits per heavy atom. The molecule has 0 spiro atoms. The zero-order valence-corrected chi connectivity index (χ0v) is 16.1. The molecule has 1 unspecified atom stereocenters. The fraction of sp³-hybridized carbons (Fsp3) is 0.318. The molecule has 1 amide bonds. The van der Waals surface area contributed by atoms with Crippen LogP contribution in [0.25, 0.3) is 0 Å². The van der Waals surface area contributed by atoms with Crippen molar-refractivity contribution in [2.24, 2.45) is 0 Å². The van der Waals surface area contributed by atoms with Crippen molar-refractivity contribution in [3.63, 3.8) is 0 Å². The Morgan fingerprint density at radius 2 is 2.00 bits per heavy atom. The van der Waals surface area contributed by atoms with E-state index in [1.807, 2.05) is 6.07 Å². The lowest BCUT2D eigenvalue weighted by molar-refractivity contribution is -0.142. The summed E-state index contributed by atoms with van der Waals surface area (Å²) in [6, 6.07) is 12.4. The molecule has 29 heavy (non-hydrogen) atoms. The molecular weight excluding hydrogens is 374 g/mol. The minimum Gasteiger partial charge on any atom is -0.493 e. The summed E-state index contributed by atoms with van der Waals surface area (Å²) >= 11 is 0. The first kappa shape index (κ1) is 19.0. The van der Waals surface area contributed by atoms with Crippen LogP contribution >= 0.6 is 0 Å². The summed E-state index contributed by atoms with van der Waals surface area (Å²) in [6.45, 7) is 2.11. The third-order valence-corrected chi connectivity index (χ3v) is 4.99. The van der Waals surface area contributed by atoms with Gasteiger partial charge in [0.1, 0.15) is 11.5 Å². The molecule has 0 aromatic heterocycles. The fourth-order valence-electron chi connectivity index (χ4n) is 3.45. The van der Waals surface area contributed by atoms with Crippen LogP contribution in [0.4, 0.5) is 5.69 Å². The van der Waals surface area contributed by atoms with Gasteiger partial charge < -0.3 is 19.1 Å². The summed E-state index contributed by atoms with van der Waals surface area (Å²) in [6.07, 6.45) is 0.133. The third-order valence-electron chi connectivity index (χ3n) is 4.99. The standard InChI is InChI=1S/C22H21NO6/c1-14-22(26)23(17-4-2-3-5-20(17)29-14)10-8-21(25)28-13-18(24)15-6-7-19-16(12-15)9-11-27-19/h2-7,12,14H,8-11,13H2,1H3. The van der Waals surface area contributed by atoms with E-state index in [1.54, 1.807) is 43.3 Å². The van der Waals surface area contributed by atoms with Crippen LogP contribution in [0.15, 0.2) is 42.5 Å². The summed E-state index contributed by atoms with van der Waals surface area (Å²) in [5.74, 6) is 0.377. The number of nitrogens with zero attached hydrogens (tertiary/aromatic N) is 1. The Balaban J connectivity index is 1.32. The van der Waals surface area contributed by atoms with Gasteiger partial charge in [0.15, 0.2) is 18.5 Å². The first-order valence-corrected chi connectivity index (χ1v) is 9.54. The average Bonchev–Trinajstić information content (AvgIpc) is 3.20. The van der Waals surface area contributed by atoms with Gasteiger partial charge in [0, 0.05) is 18.5 Å². The SMILES string of the molecule is CC1Oc2ccccc2N(CCC(=O)OCC(=O)c2ccc3c(c2)CCO3)C1=O. The highest BCUT2D eigenvalue weighted by Gasteiger charge is 2.31. The molecule has 2 aromatic carbocycles. The number of anilines is 1. The Labute approximate surface area is 168 Å². The summed E-state index contributed by atoms with van der Waals surface area (Å²) in [7, 11) is 0. The predicted molar refractivity (Wildman–Crippen MR) is 104 cm³/mol. The maximum Gasteiger partial charge on any atom is 0.308 e. The number of fused-ring (bicyclic) bond motifs is 2. The van der Waals surface area contributed by atoms with Gasteiger partial charge in [-0.15, -0.1) is 0 Å². The highest BCUT2D eigenvalue weighted by atomic mass is 16.5. The molecule has 2 aliphatic rings. The number of ketones is 1. The van der Waals surface area contributed by atoms with Crippen molar-refractivity contribution in [1.29, 1.82) is 0 Å². The van der Waals surface area contributed by atoms with Crippen molar-refractivity contribution in [3.8, 4) is 11.5 Å². The third kappa shape index (κ3) is 3.94. The number of ether oxygens (including phenoxy) is 3. The Bertz CT molecular complexity index is 970. The zero-order valence-electron chi connectivity index (χ0n) is 16.1. The molecule has 7 heteroatoms. The molecule has 0 bridgehead atoms. The van der Waals surface area contributed by atoms with E-state index in [4.69, 9.17) is 14.2 Å². The topological polar surface area (TPSA) is 82.1 Å². The van der Waals surface area contributed by atoms with Gasteiger partial charge in [-0.1, -0.05) is 12.1 Å². The maximum atomic E-state index is 12.4. The minimum absolute atomic E-state index is 0.0158. The molecule has 0 saturated carbocycles. The molecule has 2 aliphatic heterocycles. The molecule has 2 aromatic rings. The second kappa shape index (κ2) is 7.95. The quantitative estimate of drug-likeness (QED) is 0.552. The smallest absolute Gasteiger partial charge is 0.308 e. The van der Waals surface area contributed by atoms with Crippen molar-refractivity contribution in [3.05, 3.63) is 53.6 Å². The lowest BCUT2D eigenvalue weighted by Crippen LogP contribution is -2.45. The molecule has 0 radical (unpaired) electrons. The average molecular weight is 395 g/mol. The van der Waals surface area contributed by atoms with Crippen LogP contribution in [0.5, 0.6) is 11.5 Å². The number of hydrogen-bond donors (Lipinski definition) is 0. The van der Waals surface area contributed by atoms with Crippen molar-refractivity contribution in [2.75, 3.05) is 24.7 Å². The van der Waals surface area contributed by atoms with E-state index in [0.29, 0.717) is 23.6 Å². The Kier molecular flexibility index (Phi) is 5.20. The molecule has 7 nitrogen and oxygen atoms in total. The van der Waals surface area contributed by atoms with Gasteiger partial charge in [-0.2, -0.15) is 0 Å². The molecule has 0 fully saturated rings. The number of esters is 1. The fourth-order valence-corrected chi connectivity index (χ4v) is 3.45. The van der Waals surface area contributed by atoms with Gasteiger partial charge >= 0.3 is 5.97 Å². The van der Waals surface area contributed by atoms with Crippen LogP contribution in [0.1, 0.15) is 29.3 Å². The molecule has 150 valence electrons. The highest BCUT2D eigenvalue weighted by Crippen LogP contribution is 2.33. The largest absolute Gasteiger partial charge is 0.493 e. The number of rotatable bonds is 6. The zero-order chi connectivity index (χ0) is 20.4. The second-order valence-corrected chi connectivity index (χ2v) is 6.97. The highest BCUT2D eigenvalue weighted by molar-refractivity contribution is 6.00. The van der Waals surface area contributed by atoms with Crippen LogP contribution in [0, 0.1) is 0 Å². The maximum absolute atomic E-state index is 12.4. The van der Waals surface area contributed by atoms with Crippen LogP contribution in [-0.2, 0) is 20.7 Å². The van der Waals surface area contributed by atoms with Gasteiger partial charge in [-0.3, -0.25) is 14.4 Å². The van der Waals surface area contributed by atoms with Crippen molar-refractivity contribution in [2.45, 2.75) is 25.9 Å². The molecule has 0 saturated heterocycles. The van der Waals surface area contributed by atoms with Crippen molar-refractivity contribution < 1.29 is 28.6 Å². The summed E-state index contributed by atoms with van der Waals surface area (Å²) in [5.41, 5.74) is 2.11. The first-order valence-electron chi connectivity index (χ1n) is 9.54. The number of benzene rings is 2. The monoisotopic (exact) mass is 395 g/mol. The van der Waals surface area contributed by atoms with E-state index in [0.717, 1.165) is 17.7 Å². The molecule has 4 rings (SSSR count). The molecule has 0 aliphatic carbocycles. The number of hydrogen-bond acceptors (Lipinski definition) is 6. The molecule has 2 heterocycles. The lowest BCUT2D eigenvalue weighted by atomic mass is 10.1. The van der Waals surface area contributed by atoms with E-state index in [2.05, 4.69) is 0 Å². The first-order chi connectivity index (χ1) is 14.0. The Morgan fingerprint density at radius 1 is 1.17 bits per heavy atom. The van der Waals surface area contributed by atoms with Gasteiger partial charge in [-0.25, -0.2) is 0 Å². The summed E-state index contributed by atoms with van der Waals surface area (Å²) in [5, 5.41) is 0. The van der Waals surface area contributed by atoms with E-state index in [-0.39, 0.29) is 31.3 Å². The van der Waals surface area contributed by atoms with E-state index in [1.165, 1.54) is 4.90 Å². The number of para-hydroxylation sites is 2. The minimum atomic E-state index is -0.619. The van der Waals surface area contributed by atoms with Crippen LogP contribution in [-0.4, -0.2) is 43.5 Å². The van der Waals surface area contributed by atoms with Gasteiger partial charge in [0.25, 0.3) is 5.91 Å². The molecule has 1 atom stereocenters. The van der Waals surface area contributed by atoms with E-state index in [9.17, 15) is 14.4 Å². The van der Waals surface area contributed by atoms with Gasteiger partial charge in [0.05, 0.1) is 18.7 Å². The van der Waals surface area contributed by atoms with Crippen molar-refractivity contribution in [1.82, 2.24) is 0 Å². The summed E-state index contributed by atoms with van der Waals surface area (Å²) < 4.78 is 16.1. The number of carbonyl (C=O) groups is 3. The lowest BCUT2D eigenvalue weighted by Gasteiger charge is -2.32. The molecule has 0 N–H and O–H groups in total. The predicted octanol–water partition coefficient (Wildman–Crippen LogP) is 2.55. The van der Waals surface area contributed by atoms with E-state index >= 15 is 0 Å². The number of amides is 1.